The molecule has 0 saturated carbocycles. The van der Waals surface area contributed by atoms with Gasteiger partial charge in [-0.05, 0) is 91.7 Å². The van der Waals surface area contributed by atoms with Crippen LogP contribution >= 0.6 is 0 Å². The topological polar surface area (TPSA) is 49.4 Å². The molecule has 0 aliphatic carbocycles. The molecule has 6 rings (SSSR count). The number of benzene rings is 2. The van der Waals surface area contributed by atoms with Gasteiger partial charge in [-0.1, -0.05) is 13.5 Å². The minimum Gasteiger partial charge on any atom is -0.497 e. The Morgan fingerprint density at radius 3 is 2.68 bits per heavy atom. The molecule has 37 heavy (non-hydrogen) atoms. The summed E-state index contributed by atoms with van der Waals surface area (Å²) >= 11 is 0. The number of piperidine rings is 3. The van der Waals surface area contributed by atoms with Crippen LogP contribution in [0, 0.1) is 18.8 Å². The van der Waals surface area contributed by atoms with E-state index < -0.39 is 11.7 Å². The van der Waals surface area contributed by atoms with Crippen molar-refractivity contribution in [2.24, 2.45) is 11.8 Å². The first-order valence-corrected chi connectivity index (χ1v) is 12.7. The fourth-order valence-corrected chi connectivity index (χ4v) is 6.03. The summed E-state index contributed by atoms with van der Waals surface area (Å²) in [5.41, 5.74) is 2.12. The molecule has 2 N–H and O–H groups in total. The standard InChI is InChI=1S/C29H33F3N4O/c1-17-11-21(29(30,31)32)14-22(12-17)34-19(3)35-28(27-13-20-8-10-36(27)16-18(20)2)24-7-9-33-26-6-5-23(37-4)15-25(24)26/h5-7,9,11-12,14-15,18,20,27-28,34-35H,3,8,10,13,16H2,1-2,4H3/t18?,20?,27?,28-/m1/s1. The molecule has 3 fully saturated rings. The number of alkyl halides is 3. The average molecular weight is 511 g/mol. The van der Waals surface area contributed by atoms with E-state index in [4.69, 9.17) is 4.74 Å². The summed E-state index contributed by atoms with van der Waals surface area (Å²) in [6, 6.07) is 11.9. The molecule has 2 bridgehead atoms. The zero-order valence-electron chi connectivity index (χ0n) is 21.4. The van der Waals surface area contributed by atoms with Gasteiger partial charge in [-0.15, -0.1) is 0 Å². The van der Waals surface area contributed by atoms with Gasteiger partial charge < -0.3 is 15.4 Å². The highest BCUT2D eigenvalue weighted by atomic mass is 19.4. The minimum atomic E-state index is -4.42. The van der Waals surface area contributed by atoms with Crippen molar-refractivity contribution in [2.45, 2.75) is 44.9 Å². The van der Waals surface area contributed by atoms with E-state index in [1.807, 2.05) is 30.5 Å². The van der Waals surface area contributed by atoms with Crippen LogP contribution < -0.4 is 15.4 Å². The summed E-state index contributed by atoms with van der Waals surface area (Å²) in [6.07, 6.45) is -0.370. The normalized spacial score (nSPS) is 24.1. The van der Waals surface area contributed by atoms with Crippen molar-refractivity contribution >= 4 is 16.6 Å². The second-order valence-electron chi connectivity index (χ2n) is 10.4. The largest absolute Gasteiger partial charge is 0.497 e. The Balaban J connectivity index is 1.49. The number of aryl methyl sites for hydroxylation is 1. The van der Waals surface area contributed by atoms with E-state index in [0.29, 0.717) is 28.9 Å². The first-order chi connectivity index (χ1) is 17.6. The first-order valence-electron chi connectivity index (χ1n) is 12.7. The van der Waals surface area contributed by atoms with Crippen LogP contribution in [0.15, 0.2) is 61.1 Å². The quantitative estimate of drug-likeness (QED) is 0.379. The molecule has 4 heterocycles. The molecule has 3 aliphatic rings. The van der Waals surface area contributed by atoms with Gasteiger partial charge in [-0.3, -0.25) is 9.88 Å². The van der Waals surface area contributed by atoms with Gasteiger partial charge in [0.15, 0.2) is 0 Å². The molecule has 4 unspecified atom stereocenters. The van der Waals surface area contributed by atoms with Crippen LogP contribution in [0.2, 0.25) is 0 Å². The summed E-state index contributed by atoms with van der Waals surface area (Å²) < 4.78 is 45.7. The Morgan fingerprint density at radius 1 is 1.19 bits per heavy atom. The second kappa shape index (κ2) is 9.89. The van der Waals surface area contributed by atoms with Crippen molar-refractivity contribution in [3.8, 4) is 5.75 Å². The van der Waals surface area contributed by atoms with E-state index in [2.05, 4.69) is 34.0 Å². The van der Waals surface area contributed by atoms with Crippen molar-refractivity contribution in [3.63, 3.8) is 0 Å². The molecule has 8 heteroatoms. The highest BCUT2D eigenvalue weighted by molar-refractivity contribution is 5.84. The molecule has 3 aromatic rings. The molecule has 3 aliphatic heterocycles. The Morgan fingerprint density at radius 2 is 2.00 bits per heavy atom. The fourth-order valence-electron chi connectivity index (χ4n) is 6.03. The number of hydrogen-bond donors (Lipinski definition) is 2. The first kappa shape index (κ1) is 25.4. The van der Waals surface area contributed by atoms with Gasteiger partial charge in [-0.25, -0.2) is 0 Å². The predicted octanol–water partition coefficient (Wildman–Crippen LogP) is 6.51. The van der Waals surface area contributed by atoms with Gasteiger partial charge in [-0.2, -0.15) is 13.2 Å². The number of aromatic nitrogens is 1. The van der Waals surface area contributed by atoms with Crippen molar-refractivity contribution in [2.75, 3.05) is 25.5 Å². The summed E-state index contributed by atoms with van der Waals surface area (Å²) in [6.45, 7) is 10.2. The zero-order valence-corrected chi connectivity index (χ0v) is 21.4. The molecule has 0 spiro atoms. The smallest absolute Gasteiger partial charge is 0.416 e. The van der Waals surface area contributed by atoms with Crippen molar-refractivity contribution in [3.05, 3.63) is 77.8 Å². The maximum absolute atomic E-state index is 13.4. The molecule has 196 valence electrons. The average Bonchev–Trinajstić information content (AvgIpc) is 2.86. The number of anilines is 1. The number of hydrogen-bond acceptors (Lipinski definition) is 5. The molecule has 5 atom stereocenters. The Kier molecular flexibility index (Phi) is 6.79. The Labute approximate surface area is 215 Å². The maximum atomic E-state index is 13.4. The van der Waals surface area contributed by atoms with Crippen LogP contribution in [0.1, 0.15) is 42.5 Å². The molecule has 1 aromatic heterocycles. The molecule has 2 aromatic carbocycles. The number of ether oxygens (including phenoxy) is 1. The summed E-state index contributed by atoms with van der Waals surface area (Å²) in [5.74, 6) is 2.49. The van der Waals surface area contributed by atoms with E-state index in [1.165, 1.54) is 6.42 Å². The van der Waals surface area contributed by atoms with Crippen LogP contribution in [-0.2, 0) is 6.18 Å². The summed E-state index contributed by atoms with van der Waals surface area (Å²) in [5, 5.41) is 7.64. The Bertz CT molecular complexity index is 1310. The van der Waals surface area contributed by atoms with Crippen LogP contribution in [0.5, 0.6) is 5.75 Å². The Hall–Kier alpha value is -3.26. The van der Waals surface area contributed by atoms with E-state index in [9.17, 15) is 13.2 Å². The van der Waals surface area contributed by atoms with Gasteiger partial charge in [0.1, 0.15) is 5.75 Å². The van der Waals surface area contributed by atoms with E-state index in [-0.39, 0.29) is 12.1 Å². The van der Waals surface area contributed by atoms with Crippen LogP contribution in [-0.4, -0.2) is 36.1 Å². The van der Waals surface area contributed by atoms with Crippen LogP contribution in [0.3, 0.4) is 0 Å². The molecular formula is C29H33F3N4O. The SMILES string of the molecule is C=C(Nc1cc(C)cc(C(F)(F)F)c1)N[C@H](c1ccnc2ccc(OC)cc12)C1CC2CCN1CC2C. The lowest BCUT2D eigenvalue weighted by atomic mass is 9.73. The maximum Gasteiger partial charge on any atom is 0.416 e. The summed E-state index contributed by atoms with van der Waals surface area (Å²) in [7, 11) is 1.64. The highest BCUT2D eigenvalue weighted by Gasteiger charge is 2.42. The number of nitrogens with one attached hydrogen (secondary N) is 2. The zero-order chi connectivity index (χ0) is 26.3. The molecule has 0 amide bonds. The van der Waals surface area contributed by atoms with Gasteiger partial charge in [0.2, 0.25) is 0 Å². The van der Waals surface area contributed by atoms with Crippen molar-refractivity contribution < 1.29 is 17.9 Å². The highest BCUT2D eigenvalue weighted by Crippen LogP contribution is 2.42. The lowest BCUT2D eigenvalue weighted by Gasteiger charge is -2.51. The third kappa shape index (κ3) is 5.25. The van der Waals surface area contributed by atoms with Gasteiger partial charge in [0.25, 0.3) is 0 Å². The van der Waals surface area contributed by atoms with Crippen LogP contribution in [0.25, 0.3) is 10.9 Å². The lowest BCUT2D eigenvalue weighted by Crippen LogP contribution is -2.56. The number of pyridine rings is 1. The number of halogens is 3. The van der Waals surface area contributed by atoms with E-state index >= 15 is 0 Å². The lowest BCUT2D eigenvalue weighted by molar-refractivity contribution is -0.137. The molecule has 3 saturated heterocycles. The van der Waals surface area contributed by atoms with Gasteiger partial charge >= 0.3 is 6.18 Å². The monoisotopic (exact) mass is 510 g/mol. The number of methoxy groups -OCH3 is 1. The molecule has 5 nitrogen and oxygen atoms in total. The number of fused-ring (bicyclic) bond motifs is 4. The van der Waals surface area contributed by atoms with Gasteiger partial charge in [0.05, 0.1) is 30.1 Å². The van der Waals surface area contributed by atoms with E-state index in [1.54, 1.807) is 20.1 Å². The fraction of sp³-hybridized carbons (Fsp3) is 0.414. The molecular weight excluding hydrogens is 477 g/mol. The third-order valence-corrected chi connectivity index (χ3v) is 7.86. The van der Waals surface area contributed by atoms with Crippen LogP contribution in [0.4, 0.5) is 18.9 Å². The van der Waals surface area contributed by atoms with Gasteiger partial charge in [0, 0.05) is 29.9 Å². The number of nitrogens with zero attached hydrogens (tertiary/aromatic N) is 2. The van der Waals surface area contributed by atoms with Crippen molar-refractivity contribution in [1.29, 1.82) is 0 Å². The van der Waals surface area contributed by atoms with E-state index in [0.717, 1.165) is 53.9 Å². The molecule has 0 radical (unpaired) electrons. The minimum absolute atomic E-state index is 0.139. The summed E-state index contributed by atoms with van der Waals surface area (Å²) in [4.78, 5) is 7.09. The number of rotatable bonds is 7. The second-order valence-corrected chi connectivity index (χ2v) is 10.4. The predicted molar refractivity (Wildman–Crippen MR) is 140 cm³/mol. The third-order valence-electron chi connectivity index (χ3n) is 7.86. The van der Waals surface area contributed by atoms with Crippen molar-refractivity contribution in [1.82, 2.24) is 15.2 Å².